The molecule has 0 bridgehead atoms. The number of rotatable bonds is 7. The summed E-state index contributed by atoms with van der Waals surface area (Å²) in [5.41, 5.74) is 2.57. The van der Waals surface area contributed by atoms with E-state index in [1.165, 1.54) is 11.1 Å². The first kappa shape index (κ1) is 15.7. The summed E-state index contributed by atoms with van der Waals surface area (Å²) >= 11 is 0. The molecule has 0 saturated carbocycles. The van der Waals surface area contributed by atoms with Gasteiger partial charge < -0.3 is 19.5 Å². The first-order chi connectivity index (χ1) is 10.3. The fourth-order valence-corrected chi connectivity index (χ4v) is 2.66. The monoisotopic (exact) mass is 291 g/mol. The summed E-state index contributed by atoms with van der Waals surface area (Å²) < 4.78 is 16.1. The van der Waals surface area contributed by atoms with Crippen LogP contribution in [-0.4, -0.2) is 33.4 Å². The average molecular weight is 291 g/mol. The first-order valence-electron chi connectivity index (χ1n) is 7.53. The highest BCUT2D eigenvalue weighted by molar-refractivity contribution is 5.43. The number of ether oxygens (including phenoxy) is 3. The van der Waals surface area contributed by atoms with Gasteiger partial charge in [0, 0.05) is 6.04 Å². The van der Waals surface area contributed by atoms with E-state index in [-0.39, 0.29) is 0 Å². The van der Waals surface area contributed by atoms with Crippen molar-refractivity contribution in [3.05, 3.63) is 35.6 Å². The molecule has 0 saturated heterocycles. The second-order valence-electron chi connectivity index (χ2n) is 5.17. The van der Waals surface area contributed by atoms with Crippen LogP contribution in [0.2, 0.25) is 0 Å². The number of nitrogens with one attached hydrogen (secondary N) is 1. The zero-order valence-corrected chi connectivity index (χ0v) is 13.1. The van der Waals surface area contributed by atoms with E-state index in [0.29, 0.717) is 6.04 Å². The highest BCUT2D eigenvalue weighted by Crippen LogP contribution is 2.29. The van der Waals surface area contributed by atoms with Gasteiger partial charge >= 0.3 is 0 Å². The molecule has 1 aliphatic heterocycles. The lowest BCUT2D eigenvalue weighted by atomic mass is 9.95. The second-order valence-corrected chi connectivity index (χ2v) is 5.17. The minimum Gasteiger partial charge on any atom is -0.501 e. The van der Waals surface area contributed by atoms with Crippen LogP contribution in [0.4, 0.5) is 0 Å². The van der Waals surface area contributed by atoms with Gasteiger partial charge in [0.15, 0.2) is 11.5 Å². The molecule has 4 nitrogen and oxygen atoms in total. The quantitative estimate of drug-likeness (QED) is 0.838. The van der Waals surface area contributed by atoms with Crippen molar-refractivity contribution in [1.29, 1.82) is 0 Å². The maximum atomic E-state index is 5.48. The number of hydrogen-bond acceptors (Lipinski definition) is 4. The summed E-state index contributed by atoms with van der Waals surface area (Å²) in [5.74, 6) is 1.54. The third-order valence-electron chi connectivity index (χ3n) is 3.75. The van der Waals surface area contributed by atoms with Crippen molar-refractivity contribution >= 4 is 0 Å². The number of hydrogen-bond donors (Lipinski definition) is 1. The summed E-state index contributed by atoms with van der Waals surface area (Å²) in [5, 5.41) is 3.55. The van der Waals surface area contributed by atoms with Crippen LogP contribution < -0.4 is 14.8 Å². The topological polar surface area (TPSA) is 39.7 Å². The molecule has 116 valence electrons. The maximum Gasteiger partial charge on any atom is 0.160 e. The average Bonchev–Trinajstić information content (AvgIpc) is 2.55. The molecule has 0 aliphatic carbocycles. The lowest BCUT2D eigenvalue weighted by Crippen LogP contribution is -2.34. The third kappa shape index (κ3) is 4.14. The number of likely N-dealkylation sites (N-methyl/N-ethyl adjacent to an activating group) is 1. The van der Waals surface area contributed by atoms with E-state index in [2.05, 4.69) is 18.3 Å². The standard InChI is InChI=1S/C17H25NO3/c1-4-18-15(14-6-5-9-21-12-14)10-13-7-8-16(19-2)17(11-13)20-3/h7-8,11-12,15,18H,4-6,9-10H2,1-3H3. The fraction of sp³-hybridized carbons (Fsp3) is 0.529. The van der Waals surface area contributed by atoms with Crippen molar-refractivity contribution in [2.24, 2.45) is 0 Å². The van der Waals surface area contributed by atoms with Gasteiger partial charge in [-0.05, 0) is 49.1 Å². The van der Waals surface area contributed by atoms with E-state index in [0.717, 1.165) is 43.9 Å². The van der Waals surface area contributed by atoms with Crippen LogP contribution in [0, 0.1) is 0 Å². The molecule has 1 unspecified atom stereocenters. The molecule has 21 heavy (non-hydrogen) atoms. The lowest BCUT2D eigenvalue weighted by molar-refractivity contribution is 0.219. The van der Waals surface area contributed by atoms with Gasteiger partial charge in [0.25, 0.3) is 0 Å². The molecule has 0 radical (unpaired) electrons. The molecule has 1 heterocycles. The molecule has 1 N–H and O–H groups in total. The lowest BCUT2D eigenvalue weighted by Gasteiger charge is -2.24. The van der Waals surface area contributed by atoms with Crippen LogP contribution >= 0.6 is 0 Å². The summed E-state index contributed by atoms with van der Waals surface area (Å²) in [6.45, 7) is 3.90. The Bertz CT molecular complexity index is 485. The van der Waals surface area contributed by atoms with Crippen LogP contribution in [0.3, 0.4) is 0 Å². The second kappa shape index (κ2) is 7.93. The van der Waals surface area contributed by atoms with E-state index >= 15 is 0 Å². The van der Waals surface area contributed by atoms with Crippen LogP contribution in [0.5, 0.6) is 11.5 Å². The Balaban J connectivity index is 2.14. The van der Waals surface area contributed by atoms with Gasteiger partial charge in [0.2, 0.25) is 0 Å². The molecule has 1 aromatic carbocycles. The highest BCUT2D eigenvalue weighted by Gasteiger charge is 2.17. The predicted octanol–water partition coefficient (Wildman–Crippen LogP) is 2.92. The van der Waals surface area contributed by atoms with Crippen molar-refractivity contribution in [2.75, 3.05) is 27.4 Å². The minimum atomic E-state index is 0.313. The molecule has 0 aromatic heterocycles. The number of methoxy groups -OCH3 is 2. The van der Waals surface area contributed by atoms with E-state index in [9.17, 15) is 0 Å². The molecule has 1 aliphatic rings. The van der Waals surface area contributed by atoms with Gasteiger partial charge in [0.05, 0.1) is 27.1 Å². The summed E-state index contributed by atoms with van der Waals surface area (Å²) in [6, 6.07) is 6.42. The minimum absolute atomic E-state index is 0.313. The van der Waals surface area contributed by atoms with E-state index in [1.54, 1.807) is 14.2 Å². The summed E-state index contributed by atoms with van der Waals surface area (Å²) in [7, 11) is 3.32. The fourth-order valence-electron chi connectivity index (χ4n) is 2.66. The van der Waals surface area contributed by atoms with Gasteiger partial charge in [-0.1, -0.05) is 13.0 Å². The molecular formula is C17H25NO3. The third-order valence-corrected chi connectivity index (χ3v) is 3.75. The Morgan fingerprint density at radius 2 is 2.05 bits per heavy atom. The Morgan fingerprint density at radius 3 is 2.67 bits per heavy atom. The molecule has 1 atom stereocenters. The summed E-state index contributed by atoms with van der Waals surface area (Å²) in [6.07, 6.45) is 5.05. The van der Waals surface area contributed by atoms with Crippen molar-refractivity contribution in [3.63, 3.8) is 0 Å². The summed E-state index contributed by atoms with van der Waals surface area (Å²) in [4.78, 5) is 0. The maximum absolute atomic E-state index is 5.48. The Kier molecular flexibility index (Phi) is 5.93. The molecule has 0 spiro atoms. The molecular weight excluding hydrogens is 266 g/mol. The molecule has 0 fully saturated rings. The Hall–Kier alpha value is -1.68. The van der Waals surface area contributed by atoms with Gasteiger partial charge in [-0.3, -0.25) is 0 Å². The van der Waals surface area contributed by atoms with Gasteiger partial charge in [-0.15, -0.1) is 0 Å². The van der Waals surface area contributed by atoms with E-state index in [1.807, 2.05) is 18.4 Å². The van der Waals surface area contributed by atoms with Crippen LogP contribution in [0.25, 0.3) is 0 Å². The Labute approximate surface area is 127 Å². The number of benzene rings is 1. The van der Waals surface area contributed by atoms with Crippen LogP contribution in [0.15, 0.2) is 30.0 Å². The van der Waals surface area contributed by atoms with Crippen molar-refractivity contribution < 1.29 is 14.2 Å². The van der Waals surface area contributed by atoms with Crippen LogP contribution in [0.1, 0.15) is 25.3 Å². The molecule has 4 heteroatoms. The van der Waals surface area contributed by atoms with Crippen molar-refractivity contribution in [3.8, 4) is 11.5 Å². The highest BCUT2D eigenvalue weighted by atomic mass is 16.5. The largest absolute Gasteiger partial charge is 0.501 e. The molecule has 1 aromatic rings. The smallest absolute Gasteiger partial charge is 0.160 e. The zero-order valence-electron chi connectivity index (χ0n) is 13.1. The first-order valence-corrected chi connectivity index (χ1v) is 7.53. The van der Waals surface area contributed by atoms with Gasteiger partial charge in [-0.25, -0.2) is 0 Å². The van der Waals surface area contributed by atoms with E-state index < -0.39 is 0 Å². The van der Waals surface area contributed by atoms with Crippen molar-refractivity contribution in [1.82, 2.24) is 5.32 Å². The predicted molar refractivity (Wildman–Crippen MR) is 84.0 cm³/mol. The van der Waals surface area contributed by atoms with Gasteiger partial charge in [0.1, 0.15) is 0 Å². The van der Waals surface area contributed by atoms with E-state index in [4.69, 9.17) is 14.2 Å². The van der Waals surface area contributed by atoms with Gasteiger partial charge in [-0.2, -0.15) is 0 Å². The molecule has 2 rings (SSSR count). The van der Waals surface area contributed by atoms with Crippen molar-refractivity contribution in [2.45, 2.75) is 32.2 Å². The SMILES string of the molecule is CCNC(Cc1ccc(OC)c(OC)c1)C1=COCCC1. The molecule has 0 amide bonds. The Morgan fingerprint density at radius 1 is 1.24 bits per heavy atom. The zero-order chi connectivity index (χ0) is 15.1. The van der Waals surface area contributed by atoms with Crippen LogP contribution in [-0.2, 0) is 11.2 Å². The normalized spacial score (nSPS) is 15.9.